The van der Waals surface area contributed by atoms with Crippen molar-refractivity contribution in [2.75, 3.05) is 33.5 Å². The minimum Gasteiger partial charge on any atom is -0.382 e. The van der Waals surface area contributed by atoms with Crippen LogP contribution >= 0.6 is 0 Å². The fourth-order valence-corrected chi connectivity index (χ4v) is 2.66. The zero-order valence-corrected chi connectivity index (χ0v) is 11.9. The Bertz CT molecular complexity index is 368. The first-order chi connectivity index (χ1) is 9.42. The van der Waals surface area contributed by atoms with Crippen molar-refractivity contribution in [3.05, 3.63) is 35.4 Å². The number of nitrogens with one attached hydrogen (secondary N) is 1. The molecule has 0 saturated carbocycles. The zero-order chi connectivity index (χ0) is 13.3. The molecule has 1 aliphatic rings. The average molecular weight is 263 g/mol. The standard InChI is InChI=1S/C16H25NO2/c1-18-12-13-19-11-5-10-17-16-9-4-7-14-6-2-3-8-15(14)16/h2-3,6,8,16-17H,4-5,7,9-13H2,1H3. The molecular formula is C16H25NO2. The third kappa shape index (κ3) is 4.60. The van der Waals surface area contributed by atoms with E-state index >= 15 is 0 Å². The molecule has 0 heterocycles. The van der Waals surface area contributed by atoms with E-state index in [2.05, 4.69) is 29.6 Å². The summed E-state index contributed by atoms with van der Waals surface area (Å²) >= 11 is 0. The summed E-state index contributed by atoms with van der Waals surface area (Å²) in [5.74, 6) is 0. The third-order valence-corrected chi connectivity index (χ3v) is 3.66. The summed E-state index contributed by atoms with van der Waals surface area (Å²) in [4.78, 5) is 0. The maximum absolute atomic E-state index is 5.47. The van der Waals surface area contributed by atoms with Gasteiger partial charge in [-0.1, -0.05) is 24.3 Å². The number of benzene rings is 1. The van der Waals surface area contributed by atoms with Crippen molar-refractivity contribution in [3.63, 3.8) is 0 Å². The van der Waals surface area contributed by atoms with Crippen LogP contribution < -0.4 is 5.32 Å². The maximum atomic E-state index is 5.47. The third-order valence-electron chi connectivity index (χ3n) is 3.66. The molecule has 19 heavy (non-hydrogen) atoms. The van der Waals surface area contributed by atoms with Gasteiger partial charge in [-0.3, -0.25) is 0 Å². The second-order valence-corrected chi connectivity index (χ2v) is 5.06. The van der Waals surface area contributed by atoms with E-state index in [0.717, 1.165) is 19.6 Å². The van der Waals surface area contributed by atoms with Gasteiger partial charge in [0.1, 0.15) is 0 Å². The van der Waals surface area contributed by atoms with Crippen LogP contribution in [0.4, 0.5) is 0 Å². The number of aryl methyl sites for hydroxylation is 1. The molecule has 0 amide bonds. The first kappa shape index (κ1) is 14.5. The topological polar surface area (TPSA) is 30.5 Å². The first-order valence-corrected chi connectivity index (χ1v) is 7.29. The van der Waals surface area contributed by atoms with Gasteiger partial charge in [0.2, 0.25) is 0 Å². The molecule has 1 N–H and O–H groups in total. The molecule has 106 valence electrons. The molecule has 0 aliphatic heterocycles. The fraction of sp³-hybridized carbons (Fsp3) is 0.625. The monoisotopic (exact) mass is 263 g/mol. The van der Waals surface area contributed by atoms with E-state index < -0.39 is 0 Å². The van der Waals surface area contributed by atoms with Crippen LogP contribution in [-0.2, 0) is 15.9 Å². The summed E-state index contributed by atoms with van der Waals surface area (Å²) < 4.78 is 10.4. The van der Waals surface area contributed by atoms with Crippen molar-refractivity contribution in [1.82, 2.24) is 5.32 Å². The Labute approximate surface area is 116 Å². The summed E-state index contributed by atoms with van der Waals surface area (Å²) in [5.41, 5.74) is 3.01. The lowest BCUT2D eigenvalue weighted by atomic mass is 9.88. The van der Waals surface area contributed by atoms with Gasteiger partial charge in [0.05, 0.1) is 13.2 Å². The normalized spacial score (nSPS) is 18.3. The molecule has 0 spiro atoms. The molecule has 3 nitrogen and oxygen atoms in total. The van der Waals surface area contributed by atoms with E-state index in [1.807, 2.05) is 0 Å². The van der Waals surface area contributed by atoms with Gasteiger partial charge < -0.3 is 14.8 Å². The van der Waals surface area contributed by atoms with E-state index in [1.165, 1.54) is 30.4 Å². The van der Waals surface area contributed by atoms with Crippen LogP contribution in [0.2, 0.25) is 0 Å². The minimum absolute atomic E-state index is 0.531. The summed E-state index contributed by atoms with van der Waals surface area (Å²) in [6.07, 6.45) is 4.83. The molecule has 1 aliphatic carbocycles. The Balaban J connectivity index is 1.67. The summed E-state index contributed by atoms with van der Waals surface area (Å²) in [5, 5.41) is 3.66. The maximum Gasteiger partial charge on any atom is 0.0700 e. The highest BCUT2D eigenvalue weighted by Gasteiger charge is 2.18. The average Bonchev–Trinajstić information content (AvgIpc) is 2.46. The van der Waals surface area contributed by atoms with Gasteiger partial charge in [0.15, 0.2) is 0 Å². The number of rotatable bonds is 8. The van der Waals surface area contributed by atoms with E-state index in [4.69, 9.17) is 9.47 Å². The summed E-state index contributed by atoms with van der Waals surface area (Å²) in [6, 6.07) is 9.35. The largest absolute Gasteiger partial charge is 0.382 e. The highest BCUT2D eigenvalue weighted by atomic mass is 16.5. The van der Waals surface area contributed by atoms with Crippen LogP contribution in [0.3, 0.4) is 0 Å². The molecule has 2 rings (SSSR count). The lowest BCUT2D eigenvalue weighted by molar-refractivity contribution is 0.0692. The molecule has 1 unspecified atom stereocenters. The van der Waals surface area contributed by atoms with Crippen molar-refractivity contribution in [2.24, 2.45) is 0 Å². The Kier molecular flexibility index (Phi) is 6.34. The van der Waals surface area contributed by atoms with Crippen molar-refractivity contribution in [2.45, 2.75) is 31.7 Å². The quantitative estimate of drug-likeness (QED) is 0.732. The van der Waals surface area contributed by atoms with Crippen LogP contribution in [0, 0.1) is 0 Å². The molecule has 1 atom stereocenters. The van der Waals surface area contributed by atoms with Gasteiger partial charge >= 0.3 is 0 Å². The number of fused-ring (bicyclic) bond motifs is 1. The van der Waals surface area contributed by atoms with Crippen LogP contribution in [0.25, 0.3) is 0 Å². The van der Waals surface area contributed by atoms with E-state index in [-0.39, 0.29) is 0 Å². The van der Waals surface area contributed by atoms with Crippen LogP contribution in [0.1, 0.15) is 36.4 Å². The molecule has 0 fully saturated rings. The summed E-state index contributed by atoms with van der Waals surface area (Å²) in [6.45, 7) is 3.21. The minimum atomic E-state index is 0.531. The second-order valence-electron chi connectivity index (χ2n) is 5.06. The number of ether oxygens (including phenoxy) is 2. The van der Waals surface area contributed by atoms with Crippen molar-refractivity contribution >= 4 is 0 Å². The van der Waals surface area contributed by atoms with E-state index in [9.17, 15) is 0 Å². The first-order valence-electron chi connectivity index (χ1n) is 7.29. The van der Waals surface area contributed by atoms with Crippen LogP contribution in [0.15, 0.2) is 24.3 Å². The fourth-order valence-electron chi connectivity index (χ4n) is 2.66. The molecule has 1 aromatic rings. The lowest BCUT2D eigenvalue weighted by Crippen LogP contribution is -2.26. The molecule has 0 saturated heterocycles. The van der Waals surface area contributed by atoms with Gasteiger partial charge in [-0.05, 0) is 43.4 Å². The molecule has 0 bridgehead atoms. The highest BCUT2D eigenvalue weighted by Crippen LogP contribution is 2.29. The number of hydrogen-bond acceptors (Lipinski definition) is 3. The Morgan fingerprint density at radius 3 is 3.00 bits per heavy atom. The van der Waals surface area contributed by atoms with Gasteiger partial charge in [-0.2, -0.15) is 0 Å². The Hall–Kier alpha value is -0.900. The number of hydrogen-bond donors (Lipinski definition) is 1. The SMILES string of the molecule is COCCOCCCNC1CCCc2ccccc21. The summed E-state index contributed by atoms with van der Waals surface area (Å²) in [7, 11) is 1.70. The van der Waals surface area contributed by atoms with E-state index in [1.54, 1.807) is 7.11 Å². The smallest absolute Gasteiger partial charge is 0.0700 e. The van der Waals surface area contributed by atoms with Gasteiger partial charge in [0.25, 0.3) is 0 Å². The molecule has 0 radical (unpaired) electrons. The second kappa shape index (κ2) is 8.31. The van der Waals surface area contributed by atoms with Gasteiger partial charge in [0, 0.05) is 19.8 Å². The highest BCUT2D eigenvalue weighted by molar-refractivity contribution is 5.32. The van der Waals surface area contributed by atoms with Gasteiger partial charge in [-0.25, -0.2) is 0 Å². The molecule has 1 aromatic carbocycles. The van der Waals surface area contributed by atoms with Crippen molar-refractivity contribution in [3.8, 4) is 0 Å². The number of methoxy groups -OCH3 is 1. The molecular weight excluding hydrogens is 238 g/mol. The molecule has 3 heteroatoms. The van der Waals surface area contributed by atoms with E-state index in [0.29, 0.717) is 19.3 Å². The molecule has 0 aromatic heterocycles. The predicted molar refractivity (Wildman–Crippen MR) is 77.4 cm³/mol. The van der Waals surface area contributed by atoms with Crippen molar-refractivity contribution < 1.29 is 9.47 Å². The van der Waals surface area contributed by atoms with Crippen LogP contribution in [-0.4, -0.2) is 33.5 Å². The zero-order valence-electron chi connectivity index (χ0n) is 11.9. The Morgan fingerprint density at radius 1 is 1.21 bits per heavy atom. The lowest BCUT2D eigenvalue weighted by Gasteiger charge is -2.26. The Morgan fingerprint density at radius 2 is 2.11 bits per heavy atom. The van der Waals surface area contributed by atoms with Gasteiger partial charge in [-0.15, -0.1) is 0 Å². The predicted octanol–water partition coefficient (Wildman–Crippen LogP) is 2.71. The van der Waals surface area contributed by atoms with Crippen LogP contribution in [0.5, 0.6) is 0 Å². The van der Waals surface area contributed by atoms with Crippen molar-refractivity contribution in [1.29, 1.82) is 0 Å².